The predicted molar refractivity (Wildman–Crippen MR) is 88.0 cm³/mol. The number of aliphatic hydroxyl groups excluding tert-OH is 1. The Hall–Kier alpha value is -1.24. The molecule has 1 amide bonds. The Morgan fingerprint density at radius 1 is 1.48 bits per heavy atom. The molecule has 0 saturated heterocycles. The lowest BCUT2D eigenvalue weighted by atomic mass is 10.0. The van der Waals surface area contributed by atoms with Crippen LogP contribution in [0.25, 0.3) is 9.88 Å². The minimum atomic E-state index is -0.204. The predicted octanol–water partition coefficient (Wildman–Crippen LogP) is 3.32. The number of amides is 1. The van der Waals surface area contributed by atoms with Crippen molar-refractivity contribution in [1.29, 1.82) is 0 Å². The number of hydrogen-bond donors (Lipinski definition) is 2. The van der Waals surface area contributed by atoms with E-state index in [1.54, 1.807) is 11.3 Å². The van der Waals surface area contributed by atoms with E-state index >= 15 is 0 Å². The van der Waals surface area contributed by atoms with Gasteiger partial charge in [-0.1, -0.05) is 19.9 Å². The lowest BCUT2D eigenvalue weighted by Crippen LogP contribution is -2.38. The van der Waals surface area contributed by atoms with Gasteiger partial charge in [-0.2, -0.15) is 0 Å². The van der Waals surface area contributed by atoms with Crippen molar-refractivity contribution in [3.8, 4) is 9.88 Å². The van der Waals surface area contributed by atoms with E-state index in [2.05, 4.69) is 24.1 Å². The van der Waals surface area contributed by atoms with Crippen LogP contribution in [0.5, 0.6) is 0 Å². The number of nitrogens with zero attached hydrogens (tertiary/aromatic N) is 1. The van der Waals surface area contributed by atoms with Gasteiger partial charge < -0.3 is 10.4 Å². The Bertz CT molecular complexity index is 591. The summed E-state index contributed by atoms with van der Waals surface area (Å²) in [5.41, 5.74) is 0.738. The molecule has 1 unspecified atom stereocenters. The fourth-order valence-electron chi connectivity index (χ4n) is 2.11. The van der Waals surface area contributed by atoms with Crippen molar-refractivity contribution >= 4 is 28.6 Å². The summed E-state index contributed by atoms with van der Waals surface area (Å²) < 4.78 is 0. The Labute approximate surface area is 132 Å². The fraction of sp³-hybridized carbons (Fsp3) is 0.467. The molecule has 0 aliphatic heterocycles. The Balaban J connectivity index is 2.12. The van der Waals surface area contributed by atoms with Crippen LogP contribution < -0.4 is 5.32 Å². The zero-order valence-electron chi connectivity index (χ0n) is 12.4. The molecule has 114 valence electrons. The smallest absolute Gasteiger partial charge is 0.263 e. The molecule has 0 aliphatic carbocycles. The molecule has 2 aromatic rings. The molecular weight excluding hydrogens is 304 g/mol. The number of hydrogen-bond acceptors (Lipinski definition) is 5. The highest BCUT2D eigenvalue weighted by Crippen LogP contribution is 2.31. The van der Waals surface area contributed by atoms with E-state index in [1.165, 1.54) is 11.3 Å². The van der Waals surface area contributed by atoms with E-state index in [0.29, 0.717) is 10.8 Å². The second-order valence-corrected chi connectivity index (χ2v) is 7.34. The van der Waals surface area contributed by atoms with Crippen molar-refractivity contribution in [2.75, 3.05) is 6.61 Å². The first-order valence-electron chi connectivity index (χ1n) is 6.94. The number of aliphatic hydroxyl groups is 1. The molecule has 0 saturated carbocycles. The number of nitrogens with one attached hydrogen (secondary N) is 1. The summed E-state index contributed by atoms with van der Waals surface area (Å²) in [5, 5.41) is 15.1. The topological polar surface area (TPSA) is 62.2 Å². The largest absolute Gasteiger partial charge is 0.394 e. The summed E-state index contributed by atoms with van der Waals surface area (Å²) in [4.78, 5) is 18.5. The molecule has 1 atom stereocenters. The van der Waals surface area contributed by atoms with Crippen molar-refractivity contribution in [3.63, 3.8) is 0 Å². The number of rotatable bonds is 6. The van der Waals surface area contributed by atoms with E-state index in [1.807, 2.05) is 24.4 Å². The average molecular weight is 324 g/mol. The minimum absolute atomic E-state index is 0.0421. The van der Waals surface area contributed by atoms with Gasteiger partial charge in [0.25, 0.3) is 5.91 Å². The number of thiophene rings is 1. The lowest BCUT2D eigenvalue weighted by molar-refractivity contribution is 0.0911. The van der Waals surface area contributed by atoms with Crippen molar-refractivity contribution in [1.82, 2.24) is 10.3 Å². The normalized spacial score (nSPS) is 12.6. The van der Waals surface area contributed by atoms with Crippen LogP contribution >= 0.6 is 22.7 Å². The van der Waals surface area contributed by atoms with E-state index in [0.717, 1.165) is 22.0 Å². The molecule has 0 radical (unpaired) electrons. The molecule has 0 bridgehead atoms. The maximum absolute atomic E-state index is 12.4. The van der Waals surface area contributed by atoms with Gasteiger partial charge in [0.15, 0.2) is 0 Å². The molecule has 2 rings (SSSR count). The Kier molecular flexibility index (Phi) is 5.50. The molecule has 0 fully saturated rings. The van der Waals surface area contributed by atoms with Gasteiger partial charge in [-0.3, -0.25) is 4.79 Å². The molecule has 2 aromatic heterocycles. The average Bonchev–Trinajstić information content (AvgIpc) is 3.05. The molecule has 0 spiro atoms. The standard InChI is InChI=1S/C15H20N2O2S2/c1-9(2)7-11(8-18)17-14(19)13-10(3)16-15(21-13)12-5-4-6-20-12/h4-6,9,11,18H,7-8H2,1-3H3,(H,17,19). The molecule has 0 aromatic carbocycles. The summed E-state index contributed by atoms with van der Waals surface area (Å²) in [6, 6.07) is 3.77. The summed E-state index contributed by atoms with van der Waals surface area (Å²) in [7, 11) is 0. The van der Waals surface area contributed by atoms with E-state index in [-0.39, 0.29) is 18.6 Å². The fourth-order valence-corrected chi connectivity index (χ4v) is 3.88. The Morgan fingerprint density at radius 2 is 2.24 bits per heavy atom. The third kappa shape index (κ3) is 4.12. The highest BCUT2D eigenvalue weighted by atomic mass is 32.1. The Morgan fingerprint density at radius 3 is 2.81 bits per heavy atom. The highest BCUT2D eigenvalue weighted by Gasteiger charge is 2.20. The highest BCUT2D eigenvalue weighted by molar-refractivity contribution is 7.22. The first-order chi connectivity index (χ1) is 10.0. The first-order valence-corrected chi connectivity index (χ1v) is 8.64. The zero-order chi connectivity index (χ0) is 15.4. The van der Waals surface area contributed by atoms with Crippen LogP contribution in [0.4, 0.5) is 0 Å². The zero-order valence-corrected chi connectivity index (χ0v) is 14.1. The summed E-state index contributed by atoms with van der Waals surface area (Å²) >= 11 is 3.02. The number of carbonyl (C=O) groups is 1. The number of thiazole rings is 1. The van der Waals surface area contributed by atoms with Crippen molar-refractivity contribution in [2.24, 2.45) is 5.92 Å². The molecule has 21 heavy (non-hydrogen) atoms. The van der Waals surface area contributed by atoms with Crippen molar-refractivity contribution in [3.05, 3.63) is 28.1 Å². The second-order valence-electron chi connectivity index (χ2n) is 5.39. The molecule has 2 heterocycles. The van der Waals surface area contributed by atoms with Crippen molar-refractivity contribution in [2.45, 2.75) is 33.2 Å². The molecule has 6 heteroatoms. The van der Waals surface area contributed by atoms with Gasteiger partial charge in [0.05, 0.1) is 23.2 Å². The van der Waals surface area contributed by atoms with Crippen LogP contribution in [-0.2, 0) is 0 Å². The van der Waals surface area contributed by atoms with Crippen LogP contribution in [0.2, 0.25) is 0 Å². The van der Waals surface area contributed by atoms with Gasteiger partial charge in [-0.05, 0) is 30.7 Å². The van der Waals surface area contributed by atoms with Gasteiger partial charge in [-0.25, -0.2) is 4.98 Å². The molecule has 2 N–H and O–H groups in total. The van der Waals surface area contributed by atoms with Crippen molar-refractivity contribution < 1.29 is 9.90 Å². The minimum Gasteiger partial charge on any atom is -0.394 e. The van der Waals surface area contributed by atoms with Crippen LogP contribution in [0.3, 0.4) is 0 Å². The van der Waals surface area contributed by atoms with Gasteiger partial charge in [0, 0.05) is 0 Å². The first kappa shape index (κ1) is 16.1. The lowest BCUT2D eigenvalue weighted by Gasteiger charge is -2.17. The van der Waals surface area contributed by atoms with Crippen LogP contribution in [0.15, 0.2) is 17.5 Å². The monoisotopic (exact) mass is 324 g/mol. The molecule has 4 nitrogen and oxygen atoms in total. The van der Waals surface area contributed by atoms with Crippen LogP contribution in [-0.4, -0.2) is 28.6 Å². The van der Waals surface area contributed by atoms with E-state index < -0.39 is 0 Å². The van der Waals surface area contributed by atoms with Gasteiger partial charge in [0.1, 0.15) is 9.88 Å². The van der Waals surface area contributed by atoms with E-state index in [4.69, 9.17) is 0 Å². The number of aryl methyl sites for hydroxylation is 1. The second kappa shape index (κ2) is 7.15. The van der Waals surface area contributed by atoms with Gasteiger partial charge >= 0.3 is 0 Å². The maximum Gasteiger partial charge on any atom is 0.263 e. The third-order valence-corrected chi connectivity index (χ3v) is 5.24. The molecular formula is C15H20N2O2S2. The summed E-state index contributed by atoms with van der Waals surface area (Å²) in [5.74, 6) is 0.277. The molecule has 0 aliphatic rings. The number of aromatic nitrogens is 1. The SMILES string of the molecule is Cc1nc(-c2cccs2)sc1C(=O)NC(CO)CC(C)C. The van der Waals surface area contributed by atoms with Crippen LogP contribution in [0, 0.1) is 12.8 Å². The number of carbonyl (C=O) groups excluding carboxylic acids is 1. The van der Waals surface area contributed by atoms with Crippen LogP contribution in [0.1, 0.15) is 35.6 Å². The third-order valence-electron chi connectivity index (χ3n) is 3.05. The summed E-state index contributed by atoms with van der Waals surface area (Å²) in [6.45, 7) is 5.95. The quantitative estimate of drug-likeness (QED) is 0.857. The van der Waals surface area contributed by atoms with E-state index in [9.17, 15) is 9.90 Å². The van der Waals surface area contributed by atoms with Gasteiger partial charge in [0.2, 0.25) is 0 Å². The maximum atomic E-state index is 12.4. The summed E-state index contributed by atoms with van der Waals surface area (Å²) in [6.07, 6.45) is 0.762. The van der Waals surface area contributed by atoms with Gasteiger partial charge in [-0.15, -0.1) is 22.7 Å².